The Morgan fingerprint density at radius 1 is 1.12 bits per heavy atom. The van der Waals surface area contributed by atoms with E-state index < -0.39 is 0 Å². The molecule has 3 nitrogen and oxygen atoms in total. The van der Waals surface area contributed by atoms with Crippen LogP contribution in [0.2, 0.25) is 0 Å². The summed E-state index contributed by atoms with van der Waals surface area (Å²) in [5.74, 6) is -0.172. The van der Waals surface area contributed by atoms with Crippen molar-refractivity contribution in [2.75, 3.05) is 13.1 Å². The van der Waals surface area contributed by atoms with Gasteiger partial charge in [-0.25, -0.2) is 0 Å². The van der Waals surface area contributed by atoms with Gasteiger partial charge in [-0.2, -0.15) is 0 Å². The quantitative estimate of drug-likeness (QED) is 0.499. The molecule has 0 aliphatic rings. The summed E-state index contributed by atoms with van der Waals surface area (Å²) >= 11 is 0. The first-order chi connectivity index (χ1) is 7.95. The highest BCUT2D eigenvalue weighted by Gasteiger charge is 2.15. The van der Waals surface area contributed by atoms with Crippen molar-refractivity contribution >= 4 is 5.97 Å². The van der Waals surface area contributed by atoms with E-state index in [9.17, 15) is 4.79 Å². The van der Waals surface area contributed by atoms with Gasteiger partial charge in [0.05, 0.1) is 6.54 Å². The fourth-order valence-corrected chi connectivity index (χ4v) is 1.53. The summed E-state index contributed by atoms with van der Waals surface area (Å²) < 4.78 is 5.19. The lowest BCUT2D eigenvalue weighted by Crippen LogP contribution is -2.31. The van der Waals surface area contributed by atoms with Crippen LogP contribution in [0.5, 0.6) is 0 Å². The number of carbonyl (C=O) groups excluding carboxylic acids is 1. The van der Waals surface area contributed by atoms with E-state index in [2.05, 4.69) is 12.2 Å². The molecule has 0 atom stereocenters. The molecule has 0 spiro atoms. The maximum absolute atomic E-state index is 11.3. The van der Waals surface area contributed by atoms with E-state index in [0.717, 1.165) is 19.4 Å². The Morgan fingerprint density at radius 3 is 2.29 bits per heavy atom. The average molecular weight is 242 g/mol. The Kier molecular flexibility index (Phi) is 9.14. The monoisotopic (exact) mass is 242 g/mol. The third-order valence-electron chi connectivity index (χ3n) is 2.29. The zero-order valence-corrected chi connectivity index (χ0v) is 11.7. The SMILES string of the molecule is [CH2]CCCCCCCNCC(=O)OC(C)(C)C. The number of unbranched alkanes of at least 4 members (excludes halogenated alkanes) is 5. The van der Waals surface area contributed by atoms with Crippen molar-refractivity contribution in [1.82, 2.24) is 5.32 Å². The van der Waals surface area contributed by atoms with E-state index >= 15 is 0 Å². The van der Waals surface area contributed by atoms with Crippen LogP contribution in [-0.2, 0) is 9.53 Å². The van der Waals surface area contributed by atoms with Crippen molar-refractivity contribution in [2.24, 2.45) is 0 Å². The molecule has 3 heteroatoms. The highest BCUT2D eigenvalue weighted by Crippen LogP contribution is 2.06. The molecule has 0 aliphatic heterocycles. The van der Waals surface area contributed by atoms with E-state index in [1.807, 2.05) is 20.8 Å². The molecule has 0 unspecified atom stereocenters. The van der Waals surface area contributed by atoms with Gasteiger partial charge in [0, 0.05) is 0 Å². The predicted molar refractivity (Wildman–Crippen MR) is 71.8 cm³/mol. The van der Waals surface area contributed by atoms with Crippen LogP contribution in [0.4, 0.5) is 0 Å². The molecule has 0 rings (SSSR count). The number of nitrogens with one attached hydrogen (secondary N) is 1. The van der Waals surface area contributed by atoms with Gasteiger partial charge in [-0.05, 0) is 33.7 Å². The average Bonchev–Trinajstić information content (AvgIpc) is 2.19. The van der Waals surface area contributed by atoms with E-state index in [4.69, 9.17) is 4.74 Å². The second-order valence-electron chi connectivity index (χ2n) is 5.38. The second kappa shape index (κ2) is 9.46. The number of esters is 1. The minimum atomic E-state index is -0.382. The number of carbonyl (C=O) groups is 1. The number of ether oxygens (including phenoxy) is 1. The van der Waals surface area contributed by atoms with Crippen molar-refractivity contribution in [3.8, 4) is 0 Å². The van der Waals surface area contributed by atoms with Crippen LogP contribution in [0.25, 0.3) is 0 Å². The number of rotatable bonds is 9. The van der Waals surface area contributed by atoms with Gasteiger partial charge in [0.2, 0.25) is 0 Å². The summed E-state index contributed by atoms with van der Waals surface area (Å²) in [5, 5.41) is 3.11. The van der Waals surface area contributed by atoms with Crippen LogP contribution in [0.1, 0.15) is 59.3 Å². The number of hydrogen-bond donors (Lipinski definition) is 1. The third kappa shape index (κ3) is 13.4. The Balaban J connectivity index is 3.25. The largest absolute Gasteiger partial charge is 0.459 e. The molecule has 17 heavy (non-hydrogen) atoms. The molecule has 0 amide bonds. The second-order valence-corrected chi connectivity index (χ2v) is 5.38. The van der Waals surface area contributed by atoms with Gasteiger partial charge in [0.15, 0.2) is 0 Å². The first-order valence-corrected chi connectivity index (χ1v) is 6.67. The minimum Gasteiger partial charge on any atom is -0.459 e. The molecular weight excluding hydrogens is 214 g/mol. The molecule has 0 heterocycles. The molecule has 1 N–H and O–H groups in total. The van der Waals surface area contributed by atoms with Gasteiger partial charge in [-0.1, -0.05) is 39.0 Å². The van der Waals surface area contributed by atoms with Crippen molar-refractivity contribution in [3.05, 3.63) is 6.92 Å². The summed E-state index contributed by atoms with van der Waals surface area (Å²) in [6, 6.07) is 0. The lowest BCUT2D eigenvalue weighted by atomic mass is 10.1. The molecule has 0 aliphatic carbocycles. The molecule has 0 fully saturated rings. The lowest BCUT2D eigenvalue weighted by Gasteiger charge is -2.19. The summed E-state index contributed by atoms with van der Waals surface area (Å²) in [5.41, 5.74) is -0.382. The molecule has 1 radical (unpaired) electrons. The summed E-state index contributed by atoms with van der Waals surface area (Å²) in [7, 11) is 0. The predicted octanol–water partition coefficient (Wildman–Crippen LogP) is 3.09. The molecule has 0 aromatic rings. The highest BCUT2D eigenvalue weighted by molar-refractivity contribution is 5.72. The first-order valence-electron chi connectivity index (χ1n) is 6.67. The van der Waals surface area contributed by atoms with Crippen LogP contribution in [-0.4, -0.2) is 24.7 Å². The van der Waals surface area contributed by atoms with Crippen LogP contribution in [0.15, 0.2) is 0 Å². The van der Waals surface area contributed by atoms with Gasteiger partial charge < -0.3 is 10.1 Å². The van der Waals surface area contributed by atoms with Crippen molar-refractivity contribution in [3.63, 3.8) is 0 Å². The maximum Gasteiger partial charge on any atom is 0.320 e. The van der Waals surface area contributed by atoms with Crippen molar-refractivity contribution in [2.45, 2.75) is 64.9 Å². The van der Waals surface area contributed by atoms with E-state index in [-0.39, 0.29) is 11.6 Å². The summed E-state index contributed by atoms with van der Waals surface area (Å²) in [6.07, 6.45) is 7.16. The standard InChI is InChI=1S/C14H28NO2/c1-5-6-7-8-9-10-11-15-12-13(16)17-14(2,3)4/h15H,1,5-12H2,2-4H3. The fourth-order valence-electron chi connectivity index (χ4n) is 1.53. The van der Waals surface area contributed by atoms with E-state index in [0.29, 0.717) is 6.54 Å². The van der Waals surface area contributed by atoms with Crippen molar-refractivity contribution in [1.29, 1.82) is 0 Å². The van der Waals surface area contributed by atoms with Gasteiger partial charge >= 0.3 is 5.97 Å². The van der Waals surface area contributed by atoms with Gasteiger partial charge in [0.1, 0.15) is 5.60 Å². The van der Waals surface area contributed by atoms with E-state index in [1.165, 1.54) is 25.7 Å². The Labute approximate surface area is 106 Å². The lowest BCUT2D eigenvalue weighted by molar-refractivity contribution is -0.153. The summed E-state index contributed by atoms with van der Waals surface area (Å²) in [6.45, 7) is 10.7. The van der Waals surface area contributed by atoms with Gasteiger partial charge in [-0.15, -0.1) is 0 Å². The first kappa shape index (κ1) is 16.4. The topological polar surface area (TPSA) is 38.3 Å². The molecule has 0 aromatic carbocycles. The Bertz CT molecular complexity index is 197. The van der Waals surface area contributed by atoms with Gasteiger partial charge in [-0.3, -0.25) is 4.79 Å². The fraction of sp³-hybridized carbons (Fsp3) is 0.857. The van der Waals surface area contributed by atoms with Crippen LogP contribution in [0, 0.1) is 6.92 Å². The van der Waals surface area contributed by atoms with Crippen LogP contribution < -0.4 is 5.32 Å². The molecule has 0 saturated carbocycles. The summed E-state index contributed by atoms with van der Waals surface area (Å²) in [4.78, 5) is 11.3. The Morgan fingerprint density at radius 2 is 1.71 bits per heavy atom. The molecule has 0 aromatic heterocycles. The molecule has 0 bridgehead atoms. The van der Waals surface area contributed by atoms with Crippen LogP contribution >= 0.6 is 0 Å². The minimum absolute atomic E-state index is 0.172. The zero-order valence-electron chi connectivity index (χ0n) is 11.7. The number of hydrogen-bond acceptors (Lipinski definition) is 3. The Hall–Kier alpha value is -0.570. The zero-order chi connectivity index (χ0) is 13.1. The van der Waals surface area contributed by atoms with Crippen LogP contribution in [0.3, 0.4) is 0 Å². The molecule has 0 saturated heterocycles. The molecule has 101 valence electrons. The normalized spacial score (nSPS) is 11.5. The van der Waals surface area contributed by atoms with Crippen molar-refractivity contribution < 1.29 is 9.53 Å². The highest BCUT2D eigenvalue weighted by atomic mass is 16.6. The molecular formula is C14H28NO2. The van der Waals surface area contributed by atoms with Gasteiger partial charge in [0.25, 0.3) is 0 Å². The maximum atomic E-state index is 11.3. The third-order valence-corrected chi connectivity index (χ3v) is 2.29. The smallest absolute Gasteiger partial charge is 0.320 e. The van der Waals surface area contributed by atoms with E-state index in [1.54, 1.807) is 0 Å².